The molecule has 6 nitrogen and oxygen atoms in total. The van der Waals surface area contributed by atoms with Crippen molar-refractivity contribution in [3.8, 4) is 5.75 Å². The Morgan fingerprint density at radius 1 is 1.25 bits per heavy atom. The number of nitrogens with zero attached hydrogens (tertiary/aromatic N) is 2. The van der Waals surface area contributed by atoms with Gasteiger partial charge in [0.2, 0.25) is 0 Å². The third-order valence-electron chi connectivity index (χ3n) is 4.97. The van der Waals surface area contributed by atoms with Crippen molar-refractivity contribution >= 4 is 11.9 Å². The molecular weight excluding hydrogens is 308 g/mol. The summed E-state index contributed by atoms with van der Waals surface area (Å²) in [5, 5.41) is 10.2. The van der Waals surface area contributed by atoms with Crippen LogP contribution in [0.2, 0.25) is 0 Å². The van der Waals surface area contributed by atoms with E-state index in [1.807, 2.05) is 32.9 Å². The van der Waals surface area contributed by atoms with Crippen LogP contribution in [-0.4, -0.2) is 58.7 Å². The van der Waals surface area contributed by atoms with Crippen LogP contribution in [0.1, 0.15) is 29.5 Å². The molecule has 0 aliphatic carbocycles. The van der Waals surface area contributed by atoms with Crippen LogP contribution in [0.3, 0.4) is 0 Å². The molecule has 0 radical (unpaired) electrons. The molecule has 0 unspecified atom stereocenters. The fourth-order valence-corrected chi connectivity index (χ4v) is 3.44. The zero-order valence-electron chi connectivity index (χ0n) is 14.4. The van der Waals surface area contributed by atoms with Gasteiger partial charge >= 0.3 is 6.03 Å². The number of imide groups is 1. The van der Waals surface area contributed by atoms with Crippen LogP contribution >= 0.6 is 0 Å². The van der Waals surface area contributed by atoms with Crippen LogP contribution in [0.4, 0.5) is 4.79 Å². The van der Waals surface area contributed by atoms with Gasteiger partial charge in [0.25, 0.3) is 5.91 Å². The molecule has 1 aromatic carbocycles. The molecule has 3 amide bonds. The Bertz CT molecular complexity index is 651. The third kappa shape index (κ3) is 2.86. The summed E-state index contributed by atoms with van der Waals surface area (Å²) in [4.78, 5) is 27.3. The van der Waals surface area contributed by atoms with E-state index in [4.69, 9.17) is 4.74 Å². The first-order chi connectivity index (χ1) is 11.4. The maximum absolute atomic E-state index is 12.3. The Kier molecular flexibility index (Phi) is 4.49. The lowest BCUT2D eigenvalue weighted by atomic mass is 10.1. The summed E-state index contributed by atoms with van der Waals surface area (Å²) >= 11 is 0. The number of aliphatic hydroxyl groups excluding tert-OH is 1. The van der Waals surface area contributed by atoms with E-state index in [9.17, 15) is 14.7 Å². The summed E-state index contributed by atoms with van der Waals surface area (Å²) in [5.41, 5.74) is 3.16. The number of hydrogen-bond acceptors (Lipinski definition) is 4. The minimum absolute atomic E-state index is 0.0193. The van der Waals surface area contributed by atoms with Crippen molar-refractivity contribution in [2.24, 2.45) is 0 Å². The number of fused-ring (bicyclic) bond motifs is 1. The summed E-state index contributed by atoms with van der Waals surface area (Å²) in [5.74, 6) is 0.563. The molecular formula is C18H24N2O4. The maximum atomic E-state index is 12.3. The Labute approximate surface area is 142 Å². The quantitative estimate of drug-likeness (QED) is 0.835. The smallest absolute Gasteiger partial charge is 0.327 e. The van der Waals surface area contributed by atoms with Gasteiger partial charge in [-0.3, -0.25) is 9.69 Å². The van der Waals surface area contributed by atoms with Gasteiger partial charge < -0.3 is 14.7 Å². The molecule has 2 heterocycles. The molecule has 2 aliphatic rings. The normalized spacial score (nSPS) is 21.4. The van der Waals surface area contributed by atoms with E-state index in [2.05, 4.69) is 0 Å². The minimum Gasteiger partial charge on any atom is -0.490 e. The predicted molar refractivity (Wildman–Crippen MR) is 89.0 cm³/mol. The molecule has 2 fully saturated rings. The minimum atomic E-state index is -0.905. The van der Waals surface area contributed by atoms with Crippen LogP contribution in [0.15, 0.2) is 12.1 Å². The summed E-state index contributed by atoms with van der Waals surface area (Å²) in [6.45, 7) is 6.59. The second kappa shape index (κ2) is 6.43. The third-order valence-corrected chi connectivity index (χ3v) is 4.97. The predicted octanol–water partition coefficient (Wildman–Crippen LogP) is 1.78. The molecule has 1 aromatic rings. The van der Waals surface area contributed by atoms with Gasteiger partial charge in [-0.25, -0.2) is 4.79 Å². The lowest BCUT2D eigenvalue weighted by molar-refractivity contribution is -0.129. The molecule has 1 N–H and O–H groups in total. The first kappa shape index (κ1) is 16.8. The number of β-amino-alcohol motifs (C(OH)–C–C–N with tert-alkyl or cyclic N) is 1. The standard InChI is InChI=1S/C18H24N2O4/c1-11-6-7-12(2)16(13(11)3)24-10-14(21)9-20-17(22)15-5-4-8-19(15)18(20)23/h6-7,14-15,21H,4-5,8-10H2,1-3H3/t14-,15+/m1/s1. The summed E-state index contributed by atoms with van der Waals surface area (Å²) < 4.78 is 5.77. The van der Waals surface area contributed by atoms with Crippen molar-refractivity contribution in [1.82, 2.24) is 9.80 Å². The number of ether oxygens (including phenoxy) is 1. The highest BCUT2D eigenvalue weighted by molar-refractivity contribution is 6.04. The molecule has 3 rings (SSSR count). The Morgan fingerprint density at radius 3 is 2.67 bits per heavy atom. The van der Waals surface area contributed by atoms with Crippen molar-refractivity contribution in [2.75, 3.05) is 19.7 Å². The SMILES string of the molecule is Cc1ccc(C)c(OC[C@H](O)CN2C(=O)[C@@H]3CCCN3C2=O)c1C. The van der Waals surface area contributed by atoms with E-state index in [0.29, 0.717) is 6.54 Å². The molecule has 24 heavy (non-hydrogen) atoms. The lowest BCUT2D eigenvalue weighted by Crippen LogP contribution is -2.41. The Balaban J connectivity index is 1.61. The highest BCUT2D eigenvalue weighted by Gasteiger charge is 2.47. The van der Waals surface area contributed by atoms with Crippen LogP contribution in [0, 0.1) is 20.8 Å². The van der Waals surface area contributed by atoms with E-state index in [0.717, 1.165) is 40.2 Å². The molecule has 0 spiro atoms. The van der Waals surface area contributed by atoms with Crippen molar-refractivity contribution in [2.45, 2.75) is 45.8 Å². The van der Waals surface area contributed by atoms with Crippen LogP contribution < -0.4 is 4.74 Å². The first-order valence-electron chi connectivity index (χ1n) is 8.39. The number of carbonyl (C=O) groups excluding carboxylic acids is 2. The van der Waals surface area contributed by atoms with Crippen molar-refractivity contribution in [3.05, 3.63) is 28.8 Å². The summed E-state index contributed by atoms with van der Waals surface area (Å²) in [6.07, 6.45) is 0.681. The molecule has 0 aromatic heterocycles. The average molecular weight is 332 g/mol. The van der Waals surface area contributed by atoms with Gasteiger partial charge in [0.05, 0.1) is 6.54 Å². The lowest BCUT2D eigenvalue weighted by Gasteiger charge is -2.21. The second-order valence-corrected chi connectivity index (χ2v) is 6.70. The molecule has 2 saturated heterocycles. The van der Waals surface area contributed by atoms with E-state index >= 15 is 0 Å². The van der Waals surface area contributed by atoms with Gasteiger partial charge in [-0.15, -0.1) is 0 Å². The topological polar surface area (TPSA) is 70.1 Å². The van der Waals surface area contributed by atoms with Crippen molar-refractivity contribution in [3.63, 3.8) is 0 Å². The highest BCUT2D eigenvalue weighted by atomic mass is 16.5. The largest absolute Gasteiger partial charge is 0.490 e. The maximum Gasteiger partial charge on any atom is 0.327 e. The van der Waals surface area contributed by atoms with Crippen LogP contribution in [0.5, 0.6) is 5.75 Å². The van der Waals surface area contributed by atoms with Gasteiger partial charge in [-0.1, -0.05) is 12.1 Å². The Hall–Kier alpha value is -2.08. The Morgan fingerprint density at radius 2 is 1.96 bits per heavy atom. The van der Waals surface area contributed by atoms with E-state index in [1.165, 1.54) is 0 Å². The van der Waals surface area contributed by atoms with E-state index in [1.54, 1.807) is 4.90 Å². The highest BCUT2D eigenvalue weighted by Crippen LogP contribution is 2.28. The molecule has 130 valence electrons. The van der Waals surface area contributed by atoms with Gasteiger partial charge in [0.1, 0.15) is 24.5 Å². The number of amides is 3. The monoisotopic (exact) mass is 332 g/mol. The van der Waals surface area contributed by atoms with E-state index < -0.39 is 6.10 Å². The molecule has 2 atom stereocenters. The molecule has 0 bridgehead atoms. The number of aliphatic hydroxyl groups is 1. The number of urea groups is 1. The van der Waals surface area contributed by atoms with Gasteiger partial charge in [-0.05, 0) is 50.3 Å². The fraction of sp³-hybridized carbons (Fsp3) is 0.556. The molecule has 2 aliphatic heterocycles. The number of carbonyl (C=O) groups is 2. The zero-order valence-corrected chi connectivity index (χ0v) is 14.4. The second-order valence-electron chi connectivity index (χ2n) is 6.70. The fourth-order valence-electron chi connectivity index (χ4n) is 3.44. The van der Waals surface area contributed by atoms with Crippen molar-refractivity contribution in [1.29, 1.82) is 0 Å². The average Bonchev–Trinajstić information content (AvgIpc) is 3.11. The summed E-state index contributed by atoms with van der Waals surface area (Å²) in [7, 11) is 0. The van der Waals surface area contributed by atoms with Gasteiger partial charge in [0, 0.05) is 6.54 Å². The van der Waals surface area contributed by atoms with Crippen LogP contribution in [0.25, 0.3) is 0 Å². The molecule has 0 saturated carbocycles. The van der Waals surface area contributed by atoms with E-state index in [-0.39, 0.29) is 31.1 Å². The number of hydrogen-bond donors (Lipinski definition) is 1. The number of aryl methyl sites for hydroxylation is 2. The van der Waals surface area contributed by atoms with Crippen LogP contribution in [-0.2, 0) is 4.79 Å². The van der Waals surface area contributed by atoms with Gasteiger partial charge in [0.15, 0.2) is 0 Å². The summed E-state index contributed by atoms with van der Waals surface area (Å²) in [6, 6.07) is 3.39. The first-order valence-corrected chi connectivity index (χ1v) is 8.39. The van der Waals surface area contributed by atoms with Crippen molar-refractivity contribution < 1.29 is 19.4 Å². The number of rotatable bonds is 5. The zero-order chi connectivity index (χ0) is 17.4. The molecule has 6 heteroatoms. The number of benzene rings is 1. The van der Waals surface area contributed by atoms with Gasteiger partial charge in [-0.2, -0.15) is 0 Å².